The number of hydrogen-bond acceptors (Lipinski definition) is 3. The van der Waals surface area contributed by atoms with E-state index in [4.69, 9.17) is 0 Å². The smallest absolute Gasteiger partial charge is 0.0831 e. The van der Waals surface area contributed by atoms with E-state index in [0.29, 0.717) is 0 Å². The van der Waals surface area contributed by atoms with Crippen molar-refractivity contribution in [3.8, 4) is 23.0 Å². The first kappa shape index (κ1) is 23.2. The number of aromatic nitrogens is 1. The number of fused-ring (bicyclic) bond motifs is 2. The van der Waals surface area contributed by atoms with E-state index < -0.39 is 11.6 Å². The van der Waals surface area contributed by atoms with Crippen molar-refractivity contribution in [3.05, 3.63) is 88.1 Å². The number of aromatic amines is 1. The van der Waals surface area contributed by atoms with Gasteiger partial charge < -0.3 is 20.5 Å². The maximum atomic E-state index is 11.2. The number of hydrogen-bond donors (Lipinski definition) is 4. The molecule has 0 fully saturated rings. The molecule has 0 radical (unpaired) electrons. The Hall–Kier alpha value is -3.52. The Morgan fingerprint density at radius 2 is 1.74 bits per heavy atom. The first-order chi connectivity index (χ1) is 16.7. The summed E-state index contributed by atoms with van der Waals surface area (Å²) in [6.45, 7) is 10.3. The van der Waals surface area contributed by atoms with E-state index in [1.165, 1.54) is 10.9 Å². The molecule has 0 amide bonds. The van der Waals surface area contributed by atoms with Gasteiger partial charge in [0.25, 0.3) is 0 Å². The van der Waals surface area contributed by atoms with Crippen LogP contribution >= 0.6 is 0 Å². The van der Waals surface area contributed by atoms with E-state index >= 15 is 0 Å². The maximum absolute atomic E-state index is 11.2. The van der Waals surface area contributed by atoms with Crippen LogP contribution in [0.2, 0.25) is 0 Å². The predicted octanol–water partition coefficient (Wildman–Crippen LogP) is 6.01. The number of nitrogens with one attached hydrogen (secondary N) is 2. The molecule has 0 saturated carbocycles. The van der Waals surface area contributed by atoms with Crippen molar-refractivity contribution in [2.45, 2.75) is 58.8 Å². The third-order valence-corrected chi connectivity index (χ3v) is 7.40. The van der Waals surface area contributed by atoms with Gasteiger partial charge in [0.15, 0.2) is 0 Å². The fourth-order valence-corrected chi connectivity index (χ4v) is 5.42. The number of rotatable bonds is 2. The van der Waals surface area contributed by atoms with Gasteiger partial charge in [-0.05, 0) is 62.1 Å². The normalized spacial score (nSPS) is 18.5. The second-order valence-electron chi connectivity index (χ2n) is 10.2. The van der Waals surface area contributed by atoms with Crippen molar-refractivity contribution in [3.63, 3.8) is 0 Å². The molecule has 4 nitrogen and oxygen atoms in total. The minimum Gasteiger partial charge on any atom is -0.392 e. The third-order valence-electron chi connectivity index (χ3n) is 7.40. The number of para-hydroxylation sites is 1. The van der Waals surface area contributed by atoms with Crippen LogP contribution in [0, 0.1) is 25.7 Å². The molecule has 1 aliphatic heterocycles. The zero-order valence-electron chi connectivity index (χ0n) is 21.0. The van der Waals surface area contributed by atoms with Crippen LogP contribution in [0.15, 0.2) is 54.7 Å². The van der Waals surface area contributed by atoms with Crippen LogP contribution in [0.3, 0.4) is 0 Å². The molecule has 1 aromatic heterocycles. The monoisotopic (exact) mass is 464 g/mol. The Balaban J connectivity index is 1.84. The Morgan fingerprint density at radius 3 is 2.51 bits per heavy atom. The zero-order valence-corrected chi connectivity index (χ0v) is 21.0. The first-order valence-electron chi connectivity index (χ1n) is 12.1. The number of aliphatic hydroxyl groups is 2. The summed E-state index contributed by atoms with van der Waals surface area (Å²) in [5, 5.41) is 25.8. The lowest BCUT2D eigenvalue weighted by Crippen LogP contribution is -2.50. The van der Waals surface area contributed by atoms with Gasteiger partial charge in [-0.25, -0.2) is 0 Å². The predicted molar refractivity (Wildman–Crippen MR) is 144 cm³/mol. The molecule has 35 heavy (non-hydrogen) atoms. The van der Waals surface area contributed by atoms with Crippen molar-refractivity contribution in [2.24, 2.45) is 0 Å². The van der Waals surface area contributed by atoms with Crippen molar-refractivity contribution in [1.82, 2.24) is 4.98 Å². The number of aliphatic hydroxyl groups excluding tert-OH is 2. The summed E-state index contributed by atoms with van der Waals surface area (Å²) >= 11 is 0. The summed E-state index contributed by atoms with van der Waals surface area (Å²) in [5.74, 6) is 6.71. The van der Waals surface area contributed by atoms with Gasteiger partial charge in [-0.1, -0.05) is 55.2 Å². The molecule has 1 unspecified atom stereocenters. The van der Waals surface area contributed by atoms with Crippen LogP contribution in [-0.2, 0) is 6.61 Å². The molecule has 5 rings (SSSR count). The van der Waals surface area contributed by atoms with Gasteiger partial charge in [-0.3, -0.25) is 0 Å². The first-order valence-corrected chi connectivity index (χ1v) is 12.1. The highest BCUT2D eigenvalue weighted by Gasteiger charge is 2.40. The fraction of sp³-hybridized carbons (Fsp3) is 0.290. The van der Waals surface area contributed by atoms with E-state index in [1.54, 1.807) is 0 Å². The van der Waals surface area contributed by atoms with Crippen LogP contribution in [0.5, 0.6) is 0 Å². The molecule has 2 atom stereocenters. The molecule has 0 bridgehead atoms. The molecule has 4 N–H and O–H groups in total. The summed E-state index contributed by atoms with van der Waals surface area (Å²) in [6.07, 6.45) is 1.47. The lowest BCUT2D eigenvalue weighted by atomic mass is 9.75. The lowest BCUT2D eigenvalue weighted by Gasteiger charge is -2.43. The van der Waals surface area contributed by atoms with Gasteiger partial charge in [0, 0.05) is 45.4 Å². The third kappa shape index (κ3) is 3.82. The van der Waals surface area contributed by atoms with Crippen molar-refractivity contribution in [2.75, 3.05) is 5.32 Å². The molecule has 4 aromatic rings. The zero-order chi connectivity index (χ0) is 24.9. The minimum atomic E-state index is -0.571. The van der Waals surface area contributed by atoms with E-state index in [2.05, 4.69) is 67.2 Å². The topological polar surface area (TPSA) is 68.3 Å². The number of anilines is 1. The van der Waals surface area contributed by atoms with Crippen LogP contribution in [0.4, 0.5) is 5.69 Å². The molecule has 0 saturated heterocycles. The fourth-order valence-electron chi connectivity index (χ4n) is 5.42. The highest BCUT2D eigenvalue weighted by molar-refractivity contribution is 5.98. The average molecular weight is 465 g/mol. The van der Waals surface area contributed by atoms with Gasteiger partial charge >= 0.3 is 0 Å². The molecular weight excluding hydrogens is 432 g/mol. The van der Waals surface area contributed by atoms with Gasteiger partial charge in [0.1, 0.15) is 0 Å². The molecule has 1 aliphatic rings. The van der Waals surface area contributed by atoms with Crippen molar-refractivity contribution in [1.29, 1.82) is 0 Å². The van der Waals surface area contributed by atoms with Gasteiger partial charge in [-0.15, -0.1) is 0 Å². The molecule has 178 valence electrons. The summed E-state index contributed by atoms with van der Waals surface area (Å²) in [5.41, 5.74) is 9.70. The molecule has 3 aromatic carbocycles. The number of aryl methyl sites for hydroxylation is 2. The van der Waals surface area contributed by atoms with E-state index in [0.717, 1.165) is 50.1 Å². The van der Waals surface area contributed by atoms with Crippen LogP contribution in [0.1, 0.15) is 60.1 Å². The highest BCUT2D eigenvalue weighted by Crippen LogP contribution is 2.46. The molecule has 0 aliphatic carbocycles. The van der Waals surface area contributed by atoms with E-state index in [9.17, 15) is 10.2 Å². The largest absolute Gasteiger partial charge is 0.392 e. The highest BCUT2D eigenvalue weighted by atomic mass is 16.3. The lowest BCUT2D eigenvalue weighted by molar-refractivity contribution is 0.0868. The van der Waals surface area contributed by atoms with Gasteiger partial charge in [0.2, 0.25) is 0 Å². The molecule has 4 heteroatoms. The molecule has 2 heterocycles. The molecular formula is C31H32N2O2. The number of benzene rings is 3. The van der Waals surface area contributed by atoms with Crippen LogP contribution in [-0.4, -0.2) is 26.8 Å². The van der Waals surface area contributed by atoms with Crippen LogP contribution in [0.25, 0.3) is 22.0 Å². The Bertz CT molecular complexity index is 1500. The second-order valence-corrected chi connectivity index (χ2v) is 10.2. The van der Waals surface area contributed by atoms with E-state index in [-0.39, 0.29) is 12.5 Å². The summed E-state index contributed by atoms with van der Waals surface area (Å²) in [6, 6.07) is 16.2. The van der Waals surface area contributed by atoms with Gasteiger partial charge in [-0.2, -0.15) is 0 Å². The maximum Gasteiger partial charge on any atom is 0.0831 e. The van der Waals surface area contributed by atoms with Crippen molar-refractivity contribution < 1.29 is 10.2 Å². The standard InChI is InChI=1S/C31H32N2O2/c1-18-15-26(25-12-8-11-23-19(2)16-32-29(23)25)24(14-13-21-9-6-7-10-22(21)17-34)27-20(3)30(35)31(4,5)33-28(18)27/h6-12,15-16,20,30,32-35H,17H2,1-5H3/t20-,30?/m0/s1. The Morgan fingerprint density at radius 1 is 0.971 bits per heavy atom. The van der Waals surface area contributed by atoms with Gasteiger partial charge in [0.05, 0.1) is 23.8 Å². The summed E-state index contributed by atoms with van der Waals surface area (Å²) < 4.78 is 0. The Labute approximate surface area is 207 Å². The Kier molecular flexibility index (Phi) is 5.71. The second kappa shape index (κ2) is 8.61. The van der Waals surface area contributed by atoms with Crippen molar-refractivity contribution >= 4 is 16.6 Å². The number of H-pyrrole nitrogens is 1. The van der Waals surface area contributed by atoms with E-state index in [1.807, 2.05) is 44.3 Å². The average Bonchev–Trinajstić information content (AvgIpc) is 3.23. The SMILES string of the molecule is Cc1cc(-c2cccc3c(C)c[nH]c23)c(C#Cc2ccccc2CO)c2c1NC(C)(C)C(O)[C@H]2C. The summed E-state index contributed by atoms with van der Waals surface area (Å²) in [4.78, 5) is 3.46. The summed E-state index contributed by atoms with van der Waals surface area (Å²) in [7, 11) is 0. The molecule has 0 spiro atoms. The van der Waals surface area contributed by atoms with Crippen LogP contribution < -0.4 is 5.32 Å². The minimum absolute atomic E-state index is 0.0599. The quantitative estimate of drug-likeness (QED) is 0.275.